The number of benzene rings is 1. The van der Waals surface area contributed by atoms with Crippen LogP contribution in [0.25, 0.3) is 10.2 Å². The third-order valence-corrected chi connectivity index (χ3v) is 8.12. The second-order valence-corrected chi connectivity index (χ2v) is 10.9. The second-order valence-electron chi connectivity index (χ2n) is 7.89. The monoisotopic (exact) mass is 471 g/mol. The molecule has 0 spiro atoms. The molecule has 0 saturated carbocycles. The average Bonchev–Trinajstić information content (AvgIpc) is 3.08. The highest BCUT2D eigenvalue weighted by Crippen LogP contribution is 2.35. The molecule has 3 aromatic rings. The molecule has 166 valence electrons. The number of thiophene rings is 1. The highest BCUT2D eigenvalue weighted by Gasteiger charge is 2.35. The van der Waals surface area contributed by atoms with E-state index in [1.165, 1.54) is 17.7 Å². The lowest BCUT2D eigenvalue weighted by atomic mass is 10.1. The molecule has 2 aromatic heterocycles. The first kappa shape index (κ1) is 22.0. The lowest BCUT2D eigenvalue weighted by Crippen LogP contribution is -2.35. The number of hydrogen-bond acceptors (Lipinski definition) is 5. The minimum Gasteiger partial charge on any atom is -0.298 e. The fourth-order valence-electron chi connectivity index (χ4n) is 3.71. The Labute approximate surface area is 181 Å². The van der Waals surface area contributed by atoms with Gasteiger partial charge in [0.05, 0.1) is 22.2 Å². The molecule has 4 rings (SSSR count). The van der Waals surface area contributed by atoms with Gasteiger partial charge in [0.15, 0.2) is 0 Å². The van der Waals surface area contributed by atoms with Crippen molar-refractivity contribution >= 4 is 31.6 Å². The van der Waals surface area contributed by atoms with Gasteiger partial charge in [-0.05, 0) is 36.1 Å². The van der Waals surface area contributed by atoms with Gasteiger partial charge in [0, 0.05) is 24.5 Å². The van der Waals surface area contributed by atoms with E-state index in [1.54, 1.807) is 4.57 Å². The molecule has 1 aliphatic rings. The third kappa shape index (κ3) is 4.01. The van der Waals surface area contributed by atoms with Crippen LogP contribution in [0.15, 0.2) is 40.3 Å². The van der Waals surface area contributed by atoms with Crippen LogP contribution in [-0.2, 0) is 35.7 Å². The van der Waals surface area contributed by atoms with Crippen LogP contribution in [0.4, 0.5) is 13.2 Å². The van der Waals surface area contributed by atoms with Gasteiger partial charge in [-0.3, -0.25) is 9.36 Å². The maximum atomic E-state index is 13.0. The predicted octanol–water partition coefficient (Wildman–Crippen LogP) is 3.88. The van der Waals surface area contributed by atoms with Crippen molar-refractivity contribution < 1.29 is 21.6 Å². The van der Waals surface area contributed by atoms with Crippen LogP contribution >= 0.6 is 11.3 Å². The van der Waals surface area contributed by atoms with E-state index in [0.29, 0.717) is 34.1 Å². The summed E-state index contributed by atoms with van der Waals surface area (Å²) in [4.78, 5) is 18.1. The van der Waals surface area contributed by atoms with Crippen molar-refractivity contribution in [1.29, 1.82) is 0 Å². The number of nitrogens with zero attached hydrogens (tertiary/aromatic N) is 3. The number of sulfonamides is 1. The first-order valence-corrected chi connectivity index (χ1v) is 11.9. The molecule has 3 heterocycles. The van der Waals surface area contributed by atoms with Crippen LogP contribution in [0.5, 0.6) is 0 Å². The molecule has 0 bridgehead atoms. The topological polar surface area (TPSA) is 72.3 Å². The van der Waals surface area contributed by atoms with E-state index in [9.17, 15) is 26.4 Å². The molecule has 0 saturated heterocycles. The van der Waals surface area contributed by atoms with Crippen molar-refractivity contribution in [3.8, 4) is 0 Å². The van der Waals surface area contributed by atoms with E-state index in [4.69, 9.17) is 0 Å². The summed E-state index contributed by atoms with van der Waals surface area (Å²) in [5.74, 6) is 0.263. The molecular formula is C20H20F3N3O3S2. The lowest BCUT2D eigenvalue weighted by Gasteiger charge is -2.26. The number of halogens is 3. The summed E-state index contributed by atoms with van der Waals surface area (Å²) in [7, 11) is -4.12. The molecule has 0 radical (unpaired) electrons. The molecule has 0 unspecified atom stereocenters. The molecule has 11 heteroatoms. The van der Waals surface area contributed by atoms with E-state index >= 15 is 0 Å². The average molecular weight is 472 g/mol. The zero-order chi connectivity index (χ0) is 22.6. The Bertz CT molecular complexity index is 1310. The molecule has 0 fully saturated rings. The number of rotatable bonds is 4. The van der Waals surface area contributed by atoms with Crippen LogP contribution in [0.2, 0.25) is 0 Å². The van der Waals surface area contributed by atoms with Crippen LogP contribution in [0.1, 0.15) is 29.9 Å². The predicted molar refractivity (Wildman–Crippen MR) is 111 cm³/mol. The molecule has 0 amide bonds. The van der Waals surface area contributed by atoms with Gasteiger partial charge in [0.1, 0.15) is 4.83 Å². The first-order valence-electron chi connectivity index (χ1n) is 9.65. The van der Waals surface area contributed by atoms with Gasteiger partial charge < -0.3 is 0 Å². The lowest BCUT2D eigenvalue weighted by molar-refractivity contribution is -0.137. The van der Waals surface area contributed by atoms with Gasteiger partial charge in [-0.1, -0.05) is 19.9 Å². The maximum absolute atomic E-state index is 13.0. The zero-order valence-electron chi connectivity index (χ0n) is 16.8. The largest absolute Gasteiger partial charge is 0.416 e. The minimum absolute atomic E-state index is 0.00143. The van der Waals surface area contributed by atoms with Crippen LogP contribution in [0.3, 0.4) is 0 Å². The molecule has 0 atom stereocenters. The summed E-state index contributed by atoms with van der Waals surface area (Å²) in [6, 6.07) is 3.75. The van der Waals surface area contributed by atoms with Crippen molar-refractivity contribution in [2.75, 3.05) is 6.54 Å². The Kier molecular flexibility index (Phi) is 5.47. The molecule has 1 aromatic carbocycles. The smallest absolute Gasteiger partial charge is 0.298 e. The maximum Gasteiger partial charge on any atom is 0.416 e. The van der Waals surface area contributed by atoms with Crippen LogP contribution in [0, 0.1) is 5.92 Å². The van der Waals surface area contributed by atoms with Crippen LogP contribution < -0.4 is 5.56 Å². The quantitative estimate of drug-likeness (QED) is 0.579. The fourth-order valence-corrected chi connectivity index (χ4v) is 6.44. The van der Waals surface area contributed by atoms with Gasteiger partial charge in [-0.25, -0.2) is 13.4 Å². The Morgan fingerprint density at radius 2 is 2.00 bits per heavy atom. The van der Waals surface area contributed by atoms with Crippen molar-refractivity contribution in [2.45, 2.75) is 44.4 Å². The molecule has 31 heavy (non-hydrogen) atoms. The normalized spacial score (nSPS) is 15.5. The standard InChI is InChI=1S/C20H20F3N3O3S2/c1-12(2)9-25-11-24-18-17(19(25)27)15-6-7-26(10-16(15)30-18)31(28,29)14-5-3-4-13(8-14)20(21,22)23/h3-5,8,11-12H,6-7,9-10H2,1-2H3. The van der Waals surface area contributed by atoms with Gasteiger partial charge in [-0.15, -0.1) is 11.3 Å². The Balaban J connectivity index is 1.70. The second kappa shape index (κ2) is 7.72. The van der Waals surface area contributed by atoms with Gasteiger partial charge in [0.25, 0.3) is 5.56 Å². The van der Waals surface area contributed by atoms with Gasteiger partial charge >= 0.3 is 6.18 Å². The summed E-state index contributed by atoms with van der Waals surface area (Å²) >= 11 is 1.25. The third-order valence-electron chi connectivity index (χ3n) is 5.15. The number of hydrogen-bond donors (Lipinski definition) is 0. The summed E-state index contributed by atoms with van der Waals surface area (Å²) in [5.41, 5.74) is -0.375. The van der Waals surface area contributed by atoms with Crippen molar-refractivity contribution in [2.24, 2.45) is 5.92 Å². The molecule has 1 aliphatic heterocycles. The van der Waals surface area contributed by atoms with Crippen LogP contribution in [-0.4, -0.2) is 28.8 Å². The molecule has 6 nitrogen and oxygen atoms in total. The van der Waals surface area contributed by atoms with Gasteiger partial charge in [-0.2, -0.15) is 17.5 Å². The summed E-state index contributed by atoms with van der Waals surface area (Å²) in [5, 5.41) is 0.513. The highest BCUT2D eigenvalue weighted by molar-refractivity contribution is 7.89. The SMILES string of the molecule is CC(C)Cn1cnc2sc3c(c2c1=O)CCN(S(=O)(=O)c1cccc(C(F)(F)F)c1)C3. The van der Waals surface area contributed by atoms with Crippen molar-refractivity contribution in [3.05, 3.63) is 57.0 Å². The minimum atomic E-state index is -4.63. The number of aromatic nitrogens is 2. The van der Waals surface area contributed by atoms with Crippen molar-refractivity contribution in [3.63, 3.8) is 0 Å². The summed E-state index contributed by atoms with van der Waals surface area (Å²) in [6.45, 7) is 4.60. The molecule has 0 aliphatic carbocycles. The number of fused-ring (bicyclic) bond motifs is 3. The molecule has 0 N–H and O–H groups in total. The molecular weight excluding hydrogens is 451 g/mol. The van der Waals surface area contributed by atoms with E-state index in [0.717, 1.165) is 28.1 Å². The highest BCUT2D eigenvalue weighted by atomic mass is 32.2. The number of alkyl halides is 3. The first-order chi connectivity index (χ1) is 14.5. The van der Waals surface area contributed by atoms with Gasteiger partial charge in [0.2, 0.25) is 10.0 Å². The van der Waals surface area contributed by atoms with Crippen molar-refractivity contribution in [1.82, 2.24) is 13.9 Å². The van der Waals surface area contributed by atoms with E-state index < -0.39 is 26.7 Å². The van der Waals surface area contributed by atoms with E-state index in [-0.39, 0.29) is 24.6 Å². The van der Waals surface area contributed by atoms with E-state index in [2.05, 4.69) is 4.98 Å². The zero-order valence-corrected chi connectivity index (χ0v) is 18.4. The summed E-state index contributed by atoms with van der Waals surface area (Å²) < 4.78 is 67.8. The summed E-state index contributed by atoms with van der Waals surface area (Å²) in [6.07, 6.45) is -2.83. The Morgan fingerprint density at radius 1 is 1.26 bits per heavy atom. The van der Waals surface area contributed by atoms with E-state index in [1.807, 2.05) is 13.8 Å². The Morgan fingerprint density at radius 3 is 2.68 bits per heavy atom. The Hall–Kier alpha value is -2.24. The fraction of sp³-hybridized carbons (Fsp3) is 0.400.